The summed E-state index contributed by atoms with van der Waals surface area (Å²) in [5.74, 6) is 0.645. The Balaban J connectivity index is 1.89. The second-order valence-corrected chi connectivity index (χ2v) is 6.68. The zero-order chi connectivity index (χ0) is 18.1. The number of aromatic nitrogens is 3. The summed E-state index contributed by atoms with van der Waals surface area (Å²) < 4.78 is 1.95. The van der Waals surface area contributed by atoms with E-state index in [1.54, 1.807) is 18.5 Å². The van der Waals surface area contributed by atoms with Crippen molar-refractivity contribution < 1.29 is 9.59 Å². The molecule has 1 unspecified atom stereocenters. The number of ketones is 2. The summed E-state index contributed by atoms with van der Waals surface area (Å²) >= 11 is 0. The Labute approximate surface area is 151 Å². The second-order valence-electron chi connectivity index (χ2n) is 6.68. The van der Waals surface area contributed by atoms with Crippen LogP contribution in [0.4, 0.5) is 0 Å². The van der Waals surface area contributed by atoms with E-state index in [2.05, 4.69) is 9.97 Å². The molecule has 0 N–H and O–H groups in total. The van der Waals surface area contributed by atoms with Gasteiger partial charge in [0.2, 0.25) is 5.95 Å². The number of hydrogen-bond donors (Lipinski definition) is 0. The molecule has 1 aliphatic carbocycles. The summed E-state index contributed by atoms with van der Waals surface area (Å²) in [6.07, 6.45) is 6.40. The largest absolute Gasteiger partial charge is 0.299 e. The summed E-state index contributed by atoms with van der Waals surface area (Å²) in [5, 5.41) is 1.05. The fourth-order valence-corrected chi connectivity index (χ4v) is 3.43. The Kier molecular flexibility index (Phi) is 4.21. The Bertz CT molecular complexity index is 1020. The topological polar surface area (TPSA) is 64.8 Å². The summed E-state index contributed by atoms with van der Waals surface area (Å²) in [6, 6.07) is 11.8. The van der Waals surface area contributed by atoms with Crippen molar-refractivity contribution in [2.24, 2.45) is 5.92 Å². The van der Waals surface area contributed by atoms with E-state index in [4.69, 9.17) is 0 Å². The van der Waals surface area contributed by atoms with Gasteiger partial charge in [0.1, 0.15) is 5.78 Å². The first-order chi connectivity index (χ1) is 12.6. The minimum absolute atomic E-state index is 0.0495. The van der Waals surface area contributed by atoms with Crippen LogP contribution in [0.15, 0.2) is 54.4 Å². The molecule has 1 saturated carbocycles. The summed E-state index contributed by atoms with van der Waals surface area (Å²) in [7, 11) is 0. The summed E-state index contributed by atoms with van der Waals surface area (Å²) in [4.78, 5) is 33.2. The van der Waals surface area contributed by atoms with Crippen LogP contribution >= 0.6 is 0 Å². The highest BCUT2D eigenvalue weighted by Crippen LogP contribution is 2.28. The number of para-hydroxylation sites is 1. The van der Waals surface area contributed by atoms with Gasteiger partial charge >= 0.3 is 0 Å². The molecule has 0 spiro atoms. The highest BCUT2D eigenvalue weighted by molar-refractivity contribution is 6.04. The maximum Gasteiger partial charge on any atom is 0.234 e. The normalized spacial score (nSPS) is 19.9. The van der Waals surface area contributed by atoms with Gasteiger partial charge in [-0.25, -0.2) is 9.97 Å². The van der Waals surface area contributed by atoms with Gasteiger partial charge in [-0.2, -0.15) is 0 Å². The molecule has 4 rings (SSSR count). The SMILES string of the molecule is CC1C/C(=C\c2cc3ccccc3n2-c2ncccn2)C(=O)CCC1=O. The molecule has 0 saturated heterocycles. The first kappa shape index (κ1) is 16.4. The predicted molar refractivity (Wildman–Crippen MR) is 99.9 cm³/mol. The molecular formula is C21H19N3O2. The highest BCUT2D eigenvalue weighted by Gasteiger charge is 2.24. The molecular weight excluding hydrogens is 326 g/mol. The number of carbonyl (C=O) groups is 2. The quantitative estimate of drug-likeness (QED) is 0.524. The van der Waals surface area contributed by atoms with Crippen molar-refractivity contribution in [2.45, 2.75) is 26.2 Å². The number of allylic oxidation sites excluding steroid dienone is 1. The van der Waals surface area contributed by atoms with E-state index in [0.29, 0.717) is 24.4 Å². The molecule has 5 nitrogen and oxygen atoms in total. The second kappa shape index (κ2) is 6.67. The zero-order valence-electron chi connectivity index (χ0n) is 14.6. The maximum absolute atomic E-state index is 12.5. The minimum atomic E-state index is -0.126. The average molecular weight is 345 g/mol. The lowest BCUT2D eigenvalue weighted by atomic mass is 9.98. The van der Waals surface area contributed by atoms with E-state index in [-0.39, 0.29) is 23.9 Å². The minimum Gasteiger partial charge on any atom is -0.299 e. The van der Waals surface area contributed by atoms with Crippen LogP contribution in [0, 0.1) is 5.92 Å². The van der Waals surface area contributed by atoms with Crippen molar-refractivity contribution in [2.75, 3.05) is 0 Å². The number of benzene rings is 1. The van der Waals surface area contributed by atoms with Gasteiger partial charge in [-0.15, -0.1) is 0 Å². The molecule has 130 valence electrons. The van der Waals surface area contributed by atoms with Crippen LogP contribution in [0.1, 0.15) is 31.9 Å². The molecule has 1 atom stereocenters. The zero-order valence-corrected chi connectivity index (χ0v) is 14.6. The van der Waals surface area contributed by atoms with Crippen molar-refractivity contribution in [1.29, 1.82) is 0 Å². The number of carbonyl (C=O) groups excluding carboxylic acids is 2. The molecule has 0 bridgehead atoms. The highest BCUT2D eigenvalue weighted by atomic mass is 16.1. The molecule has 1 aliphatic rings. The number of fused-ring (bicyclic) bond motifs is 1. The fraction of sp³-hybridized carbons (Fsp3) is 0.238. The van der Waals surface area contributed by atoms with E-state index in [1.807, 2.05) is 47.9 Å². The molecule has 0 aliphatic heterocycles. The van der Waals surface area contributed by atoms with Crippen molar-refractivity contribution in [3.63, 3.8) is 0 Å². The van der Waals surface area contributed by atoms with Crippen molar-refractivity contribution in [1.82, 2.24) is 14.5 Å². The third-order valence-electron chi connectivity index (χ3n) is 4.85. The van der Waals surface area contributed by atoms with E-state index in [9.17, 15) is 9.59 Å². The Morgan fingerprint density at radius 2 is 1.85 bits per heavy atom. The Morgan fingerprint density at radius 1 is 1.08 bits per heavy atom. The fourth-order valence-electron chi connectivity index (χ4n) is 3.43. The lowest BCUT2D eigenvalue weighted by Gasteiger charge is -2.09. The lowest BCUT2D eigenvalue weighted by Crippen LogP contribution is -2.08. The van der Waals surface area contributed by atoms with Gasteiger partial charge in [0.25, 0.3) is 0 Å². The summed E-state index contributed by atoms with van der Waals surface area (Å²) in [5.41, 5.74) is 2.53. The summed E-state index contributed by atoms with van der Waals surface area (Å²) in [6.45, 7) is 1.89. The van der Waals surface area contributed by atoms with Crippen molar-refractivity contribution in [3.8, 4) is 5.95 Å². The number of rotatable bonds is 2. The molecule has 0 radical (unpaired) electrons. The molecule has 0 amide bonds. The Hall–Kier alpha value is -3.08. The monoisotopic (exact) mass is 345 g/mol. The van der Waals surface area contributed by atoms with Gasteiger partial charge in [0.15, 0.2) is 5.78 Å². The maximum atomic E-state index is 12.5. The van der Waals surface area contributed by atoms with Gasteiger partial charge in [-0.1, -0.05) is 25.1 Å². The number of nitrogens with zero attached hydrogens (tertiary/aromatic N) is 3. The van der Waals surface area contributed by atoms with Crippen LogP contribution < -0.4 is 0 Å². The molecule has 2 heterocycles. The molecule has 1 aromatic carbocycles. The molecule has 26 heavy (non-hydrogen) atoms. The predicted octanol–water partition coefficient (Wildman–Crippen LogP) is 3.76. The van der Waals surface area contributed by atoms with Crippen LogP contribution in [-0.4, -0.2) is 26.1 Å². The van der Waals surface area contributed by atoms with Crippen LogP contribution in [0.3, 0.4) is 0 Å². The average Bonchev–Trinajstić information content (AvgIpc) is 2.98. The first-order valence-corrected chi connectivity index (χ1v) is 8.78. The number of hydrogen-bond acceptors (Lipinski definition) is 4. The first-order valence-electron chi connectivity index (χ1n) is 8.78. The van der Waals surface area contributed by atoms with Crippen LogP contribution in [0.2, 0.25) is 0 Å². The van der Waals surface area contributed by atoms with E-state index in [0.717, 1.165) is 16.6 Å². The van der Waals surface area contributed by atoms with Crippen molar-refractivity contribution in [3.05, 3.63) is 60.1 Å². The molecule has 1 fully saturated rings. The van der Waals surface area contributed by atoms with E-state index in [1.165, 1.54) is 0 Å². The third kappa shape index (κ3) is 2.96. The van der Waals surface area contributed by atoms with Crippen molar-refractivity contribution >= 4 is 28.5 Å². The van der Waals surface area contributed by atoms with E-state index < -0.39 is 0 Å². The smallest absolute Gasteiger partial charge is 0.234 e. The van der Waals surface area contributed by atoms with E-state index >= 15 is 0 Å². The third-order valence-corrected chi connectivity index (χ3v) is 4.85. The van der Waals surface area contributed by atoms with Gasteiger partial charge in [-0.3, -0.25) is 14.2 Å². The Morgan fingerprint density at radius 3 is 2.65 bits per heavy atom. The lowest BCUT2D eigenvalue weighted by molar-refractivity contribution is -0.123. The van der Waals surface area contributed by atoms with Gasteiger partial charge in [0, 0.05) is 36.5 Å². The standard InChI is InChI=1S/C21H19N3O2/c1-14-11-16(20(26)8-7-19(14)25)13-17-12-15-5-2-3-6-18(15)24(17)21-22-9-4-10-23-21/h2-6,9-10,12-14H,7-8,11H2,1H3/b16-13+. The number of Topliss-reactive ketones (excluding diaryl/α,β-unsaturated/α-hetero) is 2. The molecule has 3 aromatic rings. The van der Waals surface area contributed by atoms with Crippen LogP contribution in [-0.2, 0) is 9.59 Å². The van der Waals surface area contributed by atoms with Gasteiger partial charge in [0.05, 0.1) is 11.2 Å². The molecule has 2 aromatic heterocycles. The van der Waals surface area contributed by atoms with Gasteiger partial charge < -0.3 is 0 Å². The van der Waals surface area contributed by atoms with Gasteiger partial charge in [-0.05, 0) is 36.3 Å². The molecule has 5 heteroatoms. The van der Waals surface area contributed by atoms with Crippen LogP contribution in [0.25, 0.3) is 22.9 Å². The van der Waals surface area contributed by atoms with Crippen LogP contribution in [0.5, 0.6) is 0 Å².